The second-order valence-corrected chi connectivity index (χ2v) is 8.76. The van der Waals surface area contributed by atoms with Crippen LogP contribution in [0.5, 0.6) is 5.75 Å². The first-order valence-corrected chi connectivity index (χ1v) is 10.9. The first kappa shape index (κ1) is 20.7. The summed E-state index contributed by atoms with van der Waals surface area (Å²) in [6.45, 7) is 0. The molecule has 0 saturated carbocycles. The van der Waals surface area contributed by atoms with Crippen LogP contribution in [0.3, 0.4) is 0 Å². The smallest absolute Gasteiger partial charge is 0.233 e. The van der Waals surface area contributed by atoms with Gasteiger partial charge in [0.2, 0.25) is 15.6 Å². The number of aromatic nitrogens is 3. The fourth-order valence-corrected chi connectivity index (χ4v) is 4.62. The van der Waals surface area contributed by atoms with Gasteiger partial charge in [0.05, 0.1) is 17.6 Å². The number of imidazole rings is 1. The Hall–Kier alpha value is -3.59. The predicted octanol–water partition coefficient (Wildman–Crippen LogP) is 3.53. The molecule has 0 N–H and O–H groups in total. The molecule has 31 heavy (non-hydrogen) atoms. The number of fused-ring (bicyclic) bond motifs is 1. The summed E-state index contributed by atoms with van der Waals surface area (Å²) < 4.78 is 46.2. The Labute approximate surface area is 178 Å². The van der Waals surface area contributed by atoms with E-state index in [4.69, 9.17) is 4.74 Å². The fourth-order valence-electron chi connectivity index (χ4n) is 3.19. The number of aryl methyl sites for hydroxylation is 1. The average molecular weight is 439 g/mol. The Bertz CT molecular complexity index is 1370. The number of hydrogen-bond donors (Lipinski definition) is 0. The van der Waals surface area contributed by atoms with Crippen molar-refractivity contribution in [3.8, 4) is 5.75 Å². The molecule has 9 heteroatoms. The molecule has 0 fully saturated rings. The van der Waals surface area contributed by atoms with Crippen LogP contribution in [0.15, 0.2) is 77.0 Å². The van der Waals surface area contributed by atoms with E-state index in [1.54, 1.807) is 35.1 Å². The maximum atomic E-state index is 13.6. The van der Waals surface area contributed by atoms with E-state index in [0.29, 0.717) is 17.8 Å². The molecule has 2 aromatic carbocycles. The zero-order valence-electron chi connectivity index (χ0n) is 16.5. The van der Waals surface area contributed by atoms with Crippen molar-refractivity contribution in [2.45, 2.75) is 22.6 Å². The summed E-state index contributed by atoms with van der Waals surface area (Å²) in [6, 6.07) is 9.52. The van der Waals surface area contributed by atoms with Gasteiger partial charge in [-0.05, 0) is 42.3 Å². The average Bonchev–Trinajstić information content (AvgIpc) is 3.25. The van der Waals surface area contributed by atoms with Crippen molar-refractivity contribution < 1.29 is 22.3 Å². The van der Waals surface area contributed by atoms with Crippen molar-refractivity contribution in [2.24, 2.45) is 0 Å². The van der Waals surface area contributed by atoms with Crippen LogP contribution in [-0.2, 0) is 16.3 Å². The van der Waals surface area contributed by atoms with Gasteiger partial charge in [-0.15, -0.1) is 0 Å². The van der Waals surface area contributed by atoms with Crippen LogP contribution < -0.4 is 4.74 Å². The number of ketones is 1. The van der Waals surface area contributed by atoms with E-state index >= 15 is 0 Å². The Kier molecular flexibility index (Phi) is 5.51. The van der Waals surface area contributed by atoms with Crippen molar-refractivity contribution in [1.82, 2.24) is 14.4 Å². The summed E-state index contributed by atoms with van der Waals surface area (Å²) in [5.74, 6) is -0.162. The van der Waals surface area contributed by atoms with Gasteiger partial charge in [0.1, 0.15) is 16.5 Å². The van der Waals surface area contributed by atoms with Gasteiger partial charge < -0.3 is 4.74 Å². The maximum Gasteiger partial charge on any atom is 0.233 e. The molecule has 0 bridgehead atoms. The van der Waals surface area contributed by atoms with Crippen LogP contribution in [0.2, 0.25) is 0 Å². The fraction of sp³-hybridized carbons (Fsp3) is 0.136. The number of rotatable bonds is 7. The van der Waals surface area contributed by atoms with Crippen molar-refractivity contribution in [1.29, 1.82) is 0 Å². The third kappa shape index (κ3) is 4.17. The van der Waals surface area contributed by atoms with E-state index in [9.17, 15) is 17.6 Å². The van der Waals surface area contributed by atoms with Gasteiger partial charge >= 0.3 is 0 Å². The van der Waals surface area contributed by atoms with Crippen molar-refractivity contribution in [3.05, 3.63) is 84.2 Å². The van der Waals surface area contributed by atoms with Gasteiger partial charge in [-0.1, -0.05) is 12.1 Å². The van der Waals surface area contributed by atoms with Crippen LogP contribution in [0, 0.1) is 5.82 Å². The lowest BCUT2D eigenvalue weighted by Gasteiger charge is -2.10. The van der Waals surface area contributed by atoms with Gasteiger partial charge in [-0.2, -0.15) is 0 Å². The molecule has 0 aliphatic rings. The van der Waals surface area contributed by atoms with Crippen molar-refractivity contribution >= 4 is 21.4 Å². The highest BCUT2D eigenvalue weighted by Gasteiger charge is 2.23. The highest BCUT2D eigenvalue weighted by Crippen LogP contribution is 2.30. The van der Waals surface area contributed by atoms with Gasteiger partial charge in [0.15, 0.2) is 5.78 Å². The lowest BCUT2D eigenvalue weighted by atomic mass is 10.0. The summed E-state index contributed by atoms with van der Waals surface area (Å²) >= 11 is 0. The number of ether oxygens (including phenoxy) is 1. The molecule has 0 radical (unpaired) electrons. The SMILES string of the molecule is COc1ccc(F)cc1S(=O)(=O)c1ccc(CCC(=O)c2cnc3nccn3c2)cc1. The number of carbonyl (C=O) groups is 1. The molecule has 0 amide bonds. The van der Waals surface area contributed by atoms with Gasteiger partial charge in [-0.3, -0.25) is 9.20 Å². The molecule has 4 rings (SSSR count). The number of carbonyl (C=O) groups excluding carboxylic acids is 1. The monoisotopic (exact) mass is 439 g/mol. The van der Waals surface area contributed by atoms with Crippen molar-refractivity contribution in [2.75, 3.05) is 7.11 Å². The zero-order chi connectivity index (χ0) is 22.0. The zero-order valence-corrected chi connectivity index (χ0v) is 17.3. The summed E-state index contributed by atoms with van der Waals surface area (Å²) in [6.07, 6.45) is 7.17. The maximum absolute atomic E-state index is 13.6. The minimum Gasteiger partial charge on any atom is -0.495 e. The first-order valence-electron chi connectivity index (χ1n) is 9.38. The minimum absolute atomic E-state index is 0.0150. The minimum atomic E-state index is -3.96. The summed E-state index contributed by atoms with van der Waals surface area (Å²) in [7, 11) is -2.63. The highest BCUT2D eigenvalue weighted by molar-refractivity contribution is 7.91. The van der Waals surface area contributed by atoms with E-state index < -0.39 is 15.7 Å². The van der Waals surface area contributed by atoms with Crippen LogP contribution in [-0.4, -0.2) is 35.7 Å². The molecule has 2 aromatic heterocycles. The highest BCUT2D eigenvalue weighted by atomic mass is 32.2. The molecule has 158 valence electrons. The lowest BCUT2D eigenvalue weighted by molar-refractivity contribution is 0.0982. The molecular weight excluding hydrogens is 421 g/mol. The van der Waals surface area contributed by atoms with Gasteiger partial charge in [-0.25, -0.2) is 22.8 Å². The molecule has 7 nitrogen and oxygen atoms in total. The summed E-state index contributed by atoms with van der Waals surface area (Å²) in [5.41, 5.74) is 1.28. The second kappa shape index (κ2) is 8.27. The largest absolute Gasteiger partial charge is 0.495 e. The number of hydrogen-bond acceptors (Lipinski definition) is 6. The van der Waals surface area contributed by atoms with Gasteiger partial charge in [0, 0.05) is 31.2 Å². The van der Waals surface area contributed by atoms with Crippen LogP contribution in [0.25, 0.3) is 5.78 Å². The Morgan fingerprint density at radius 3 is 2.65 bits per heavy atom. The molecule has 4 aromatic rings. The Balaban J connectivity index is 1.49. The Morgan fingerprint density at radius 1 is 1.13 bits per heavy atom. The van der Waals surface area contributed by atoms with E-state index in [1.165, 1.54) is 31.5 Å². The molecule has 2 heterocycles. The van der Waals surface area contributed by atoms with E-state index in [0.717, 1.165) is 17.7 Å². The first-order chi connectivity index (χ1) is 14.9. The summed E-state index contributed by atoms with van der Waals surface area (Å²) in [4.78, 5) is 20.4. The quantitative estimate of drug-likeness (QED) is 0.409. The van der Waals surface area contributed by atoms with Gasteiger partial charge in [0.25, 0.3) is 0 Å². The molecule has 0 aliphatic carbocycles. The number of nitrogens with zero attached hydrogens (tertiary/aromatic N) is 3. The molecule has 0 unspecified atom stereocenters. The number of halogens is 1. The normalized spacial score (nSPS) is 11.5. The number of sulfone groups is 1. The third-order valence-electron chi connectivity index (χ3n) is 4.86. The molecule has 0 aliphatic heterocycles. The van der Waals surface area contributed by atoms with E-state index in [2.05, 4.69) is 9.97 Å². The van der Waals surface area contributed by atoms with Crippen LogP contribution >= 0.6 is 0 Å². The molecule has 0 spiro atoms. The van der Waals surface area contributed by atoms with Crippen LogP contribution in [0.1, 0.15) is 22.3 Å². The summed E-state index contributed by atoms with van der Waals surface area (Å²) in [5, 5.41) is 0. The number of methoxy groups -OCH3 is 1. The second-order valence-electron chi connectivity index (χ2n) is 6.84. The number of benzene rings is 2. The topological polar surface area (TPSA) is 90.6 Å². The number of Topliss-reactive ketones (excluding diaryl/α,β-unsaturated/α-hetero) is 1. The predicted molar refractivity (Wildman–Crippen MR) is 110 cm³/mol. The standard InChI is InChI=1S/C22H18FN3O4S/c1-30-20-9-5-17(23)12-21(20)31(28,29)18-6-2-15(3-7-18)4-8-19(27)16-13-25-22-24-10-11-26(22)14-16/h2-3,5-7,9-14H,4,8H2,1H3. The lowest BCUT2D eigenvalue weighted by Crippen LogP contribution is -2.06. The molecular formula is C22H18FN3O4S. The third-order valence-corrected chi connectivity index (χ3v) is 6.65. The Morgan fingerprint density at radius 2 is 1.90 bits per heavy atom. The van der Waals surface area contributed by atoms with E-state index in [-0.39, 0.29) is 27.7 Å². The molecule has 0 saturated heterocycles. The molecule has 0 atom stereocenters. The van der Waals surface area contributed by atoms with Crippen LogP contribution in [0.4, 0.5) is 4.39 Å². The van der Waals surface area contributed by atoms with Crippen molar-refractivity contribution in [3.63, 3.8) is 0 Å². The van der Waals surface area contributed by atoms with E-state index in [1.807, 2.05) is 0 Å².